The van der Waals surface area contributed by atoms with Gasteiger partial charge in [-0.3, -0.25) is 4.79 Å². The van der Waals surface area contributed by atoms with E-state index < -0.39 is 5.82 Å². The second-order valence-electron chi connectivity index (χ2n) is 11.6. The maximum absolute atomic E-state index is 14.9. The van der Waals surface area contributed by atoms with E-state index in [0.717, 1.165) is 50.1 Å². The summed E-state index contributed by atoms with van der Waals surface area (Å²) in [5, 5.41) is 3.12. The number of carbonyl (C=O) groups excluding carboxylic acids is 1. The van der Waals surface area contributed by atoms with Gasteiger partial charge in [0.1, 0.15) is 11.5 Å². The van der Waals surface area contributed by atoms with Crippen molar-refractivity contribution in [2.45, 2.75) is 31.6 Å². The van der Waals surface area contributed by atoms with Gasteiger partial charge in [-0.1, -0.05) is 19.4 Å². The SMILES string of the molecule is CCN1CC2(C1)CN(c1ccc(Nc3ncc(F)c(-c4ccc5c(c4)C4(CCC4)CN(C)C5=O)n3)nc1)C2. The molecule has 7 rings (SSSR count). The van der Waals surface area contributed by atoms with Crippen molar-refractivity contribution in [1.82, 2.24) is 24.8 Å². The third-order valence-corrected chi connectivity index (χ3v) is 9.01. The molecule has 0 radical (unpaired) electrons. The Morgan fingerprint density at radius 1 is 1.03 bits per heavy atom. The highest BCUT2D eigenvalue weighted by Crippen LogP contribution is 2.49. The van der Waals surface area contributed by atoms with E-state index >= 15 is 0 Å². The molecule has 1 N–H and O–H groups in total. The number of anilines is 3. The number of halogens is 1. The lowest BCUT2D eigenvalue weighted by molar-refractivity contribution is -0.0178. The normalized spacial score (nSPS) is 21.1. The highest BCUT2D eigenvalue weighted by atomic mass is 19.1. The summed E-state index contributed by atoms with van der Waals surface area (Å²) < 4.78 is 14.9. The lowest BCUT2D eigenvalue weighted by Gasteiger charge is -2.61. The van der Waals surface area contributed by atoms with Crippen molar-refractivity contribution in [2.75, 3.05) is 56.5 Å². The van der Waals surface area contributed by atoms with Crippen molar-refractivity contribution in [1.29, 1.82) is 0 Å². The monoisotopic (exact) mass is 513 g/mol. The average molecular weight is 514 g/mol. The molecule has 5 heterocycles. The molecule has 8 nitrogen and oxygen atoms in total. The van der Waals surface area contributed by atoms with E-state index in [0.29, 0.717) is 28.9 Å². The Kier molecular flexibility index (Phi) is 5.24. The van der Waals surface area contributed by atoms with Crippen molar-refractivity contribution in [3.8, 4) is 11.3 Å². The number of fused-ring (bicyclic) bond motifs is 2. The molecule has 3 fully saturated rings. The van der Waals surface area contributed by atoms with Gasteiger partial charge in [-0.15, -0.1) is 0 Å². The molecule has 0 unspecified atom stereocenters. The molecule has 1 amide bonds. The molecular formula is C29H32FN7O. The quantitative estimate of drug-likeness (QED) is 0.551. The Labute approximate surface area is 221 Å². The fraction of sp³-hybridized carbons (Fsp3) is 0.448. The summed E-state index contributed by atoms with van der Waals surface area (Å²) in [6.07, 6.45) is 6.28. The third-order valence-electron chi connectivity index (χ3n) is 9.01. The number of nitrogens with one attached hydrogen (secondary N) is 1. The molecule has 4 aliphatic rings. The molecule has 0 bridgehead atoms. The number of carbonyl (C=O) groups is 1. The Balaban J connectivity index is 1.09. The van der Waals surface area contributed by atoms with Crippen molar-refractivity contribution >= 4 is 23.4 Å². The zero-order chi connectivity index (χ0) is 26.1. The smallest absolute Gasteiger partial charge is 0.253 e. The van der Waals surface area contributed by atoms with Gasteiger partial charge in [0, 0.05) is 61.7 Å². The van der Waals surface area contributed by atoms with E-state index in [1.165, 1.54) is 19.3 Å². The Morgan fingerprint density at radius 2 is 1.84 bits per heavy atom. The topological polar surface area (TPSA) is 77.5 Å². The summed E-state index contributed by atoms with van der Waals surface area (Å²) in [6, 6.07) is 9.53. The molecule has 0 atom stereocenters. The summed E-state index contributed by atoms with van der Waals surface area (Å²) >= 11 is 0. The number of rotatable bonds is 5. The Hall–Kier alpha value is -3.59. The molecule has 2 aromatic heterocycles. The number of nitrogens with zero attached hydrogens (tertiary/aromatic N) is 6. The fourth-order valence-electron chi connectivity index (χ4n) is 6.83. The van der Waals surface area contributed by atoms with Gasteiger partial charge >= 0.3 is 0 Å². The molecule has 2 spiro atoms. The van der Waals surface area contributed by atoms with E-state index in [2.05, 4.69) is 43.1 Å². The maximum Gasteiger partial charge on any atom is 0.253 e. The van der Waals surface area contributed by atoms with Crippen LogP contribution in [0, 0.1) is 11.2 Å². The lowest BCUT2D eigenvalue weighted by Crippen LogP contribution is -2.72. The molecule has 2 saturated heterocycles. The highest BCUT2D eigenvalue weighted by Gasteiger charge is 2.51. The molecule has 9 heteroatoms. The van der Waals surface area contributed by atoms with Gasteiger partial charge in [0.2, 0.25) is 5.95 Å². The predicted molar refractivity (Wildman–Crippen MR) is 144 cm³/mol. The van der Waals surface area contributed by atoms with E-state index in [-0.39, 0.29) is 23.0 Å². The number of hydrogen-bond donors (Lipinski definition) is 1. The van der Waals surface area contributed by atoms with Crippen molar-refractivity contribution in [3.05, 3.63) is 59.7 Å². The molecule has 1 saturated carbocycles. The largest absolute Gasteiger partial charge is 0.369 e. The van der Waals surface area contributed by atoms with Crippen LogP contribution in [0.1, 0.15) is 42.1 Å². The van der Waals surface area contributed by atoms with Gasteiger partial charge in [-0.25, -0.2) is 19.3 Å². The number of aromatic nitrogens is 3. The zero-order valence-corrected chi connectivity index (χ0v) is 21.9. The lowest BCUT2D eigenvalue weighted by atomic mass is 9.61. The van der Waals surface area contributed by atoms with Crippen LogP contribution in [-0.4, -0.2) is 77.0 Å². The van der Waals surface area contributed by atoms with Crippen LogP contribution in [0.25, 0.3) is 11.3 Å². The number of likely N-dealkylation sites (tertiary alicyclic amines) is 1. The van der Waals surface area contributed by atoms with Crippen LogP contribution in [0.3, 0.4) is 0 Å². The minimum Gasteiger partial charge on any atom is -0.369 e. The molecule has 38 heavy (non-hydrogen) atoms. The first-order chi connectivity index (χ1) is 18.4. The van der Waals surface area contributed by atoms with Gasteiger partial charge in [0.15, 0.2) is 5.82 Å². The standard InChI is InChI=1S/C29H32FN7O/c1-3-36-14-28(15-36)16-37(17-28)20-6-8-24(31-12-20)33-27-32-13-23(30)25(34-27)19-5-7-21-22(11-19)29(9-4-10-29)18-35(2)26(21)38/h5-8,11-13H,3-4,9-10,14-18H2,1-2H3,(H,31,32,33,34). The van der Waals surface area contributed by atoms with Gasteiger partial charge in [-0.2, -0.15) is 0 Å². The minimum absolute atomic E-state index is 0.0214. The second-order valence-corrected chi connectivity index (χ2v) is 11.6. The minimum atomic E-state index is -0.495. The van der Waals surface area contributed by atoms with Gasteiger partial charge in [0.25, 0.3) is 5.91 Å². The first-order valence-electron chi connectivity index (χ1n) is 13.5. The van der Waals surface area contributed by atoms with Crippen LogP contribution in [0.15, 0.2) is 42.7 Å². The third kappa shape index (κ3) is 3.66. The van der Waals surface area contributed by atoms with E-state index in [9.17, 15) is 9.18 Å². The molecule has 1 aliphatic carbocycles. The van der Waals surface area contributed by atoms with Gasteiger partial charge in [-0.05, 0) is 49.2 Å². The van der Waals surface area contributed by atoms with Crippen LogP contribution >= 0.6 is 0 Å². The first-order valence-corrected chi connectivity index (χ1v) is 13.5. The molecule has 3 aliphatic heterocycles. The van der Waals surface area contributed by atoms with Gasteiger partial charge < -0.3 is 20.0 Å². The van der Waals surface area contributed by atoms with Crippen LogP contribution in [0.5, 0.6) is 0 Å². The first kappa shape index (κ1) is 23.5. The van der Waals surface area contributed by atoms with Crippen LogP contribution in [0.2, 0.25) is 0 Å². The van der Waals surface area contributed by atoms with Crippen LogP contribution in [-0.2, 0) is 5.41 Å². The van der Waals surface area contributed by atoms with Crippen LogP contribution < -0.4 is 10.2 Å². The Bertz CT molecular complexity index is 1410. The average Bonchev–Trinajstić information content (AvgIpc) is 2.85. The summed E-state index contributed by atoms with van der Waals surface area (Å²) in [5.74, 6) is 0.415. The fourth-order valence-corrected chi connectivity index (χ4v) is 6.83. The second kappa shape index (κ2) is 8.46. The summed E-state index contributed by atoms with van der Waals surface area (Å²) in [7, 11) is 1.86. The van der Waals surface area contributed by atoms with E-state index in [4.69, 9.17) is 0 Å². The molecule has 1 aromatic carbocycles. The van der Waals surface area contributed by atoms with E-state index in [1.54, 1.807) is 11.0 Å². The van der Waals surface area contributed by atoms with Crippen molar-refractivity contribution in [2.24, 2.45) is 5.41 Å². The summed E-state index contributed by atoms with van der Waals surface area (Å²) in [5.41, 5.74) is 4.14. The molecule has 3 aromatic rings. The highest BCUT2D eigenvalue weighted by molar-refractivity contribution is 5.98. The Morgan fingerprint density at radius 3 is 2.53 bits per heavy atom. The number of pyridine rings is 1. The van der Waals surface area contributed by atoms with Gasteiger partial charge in [0.05, 0.1) is 18.1 Å². The van der Waals surface area contributed by atoms with Crippen molar-refractivity contribution in [3.63, 3.8) is 0 Å². The van der Waals surface area contributed by atoms with Crippen molar-refractivity contribution < 1.29 is 9.18 Å². The number of amides is 1. The van der Waals surface area contributed by atoms with Crippen LogP contribution in [0.4, 0.5) is 21.8 Å². The summed E-state index contributed by atoms with van der Waals surface area (Å²) in [4.78, 5) is 32.6. The number of hydrogen-bond acceptors (Lipinski definition) is 7. The predicted octanol–water partition coefficient (Wildman–Crippen LogP) is 4.07. The van der Waals surface area contributed by atoms with E-state index in [1.807, 2.05) is 31.4 Å². The molecular weight excluding hydrogens is 481 g/mol. The number of benzene rings is 1. The molecule has 196 valence electrons. The number of likely N-dealkylation sites (N-methyl/N-ethyl adjacent to an activating group) is 1. The maximum atomic E-state index is 14.9. The zero-order valence-electron chi connectivity index (χ0n) is 21.9. The summed E-state index contributed by atoms with van der Waals surface area (Å²) in [6.45, 7) is 8.58.